The minimum Gasteiger partial charge on any atom is -0.274 e. The Labute approximate surface area is 162 Å². The molecule has 5 rings (SSSR count). The highest BCUT2D eigenvalue weighted by molar-refractivity contribution is 6.31. The average molecular weight is 373 g/mol. The molecular weight excluding hydrogens is 356 g/mol. The van der Waals surface area contributed by atoms with Crippen molar-refractivity contribution in [1.29, 1.82) is 0 Å². The van der Waals surface area contributed by atoms with Crippen LogP contribution in [-0.4, -0.2) is 15.5 Å². The standard InChI is InChI=1S/C23H17ClN2O/c24-19-10-11-20-21(14-19)26-22(25-20)12-18(13-23(26)27)17-8-6-16(7-9-17)15-4-2-1-3-5-15/h1-11,14,18H,12-13H2. The second-order valence-corrected chi connectivity index (χ2v) is 7.42. The second-order valence-electron chi connectivity index (χ2n) is 6.98. The van der Waals surface area contributed by atoms with Crippen molar-refractivity contribution in [2.75, 3.05) is 0 Å². The lowest BCUT2D eigenvalue weighted by molar-refractivity contribution is 0.0877. The summed E-state index contributed by atoms with van der Waals surface area (Å²) in [6.45, 7) is 0. The third-order valence-electron chi connectivity index (χ3n) is 5.27. The average Bonchev–Trinajstić information content (AvgIpc) is 3.07. The summed E-state index contributed by atoms with van der Waals surface area (Å²) in [6, 6.07) is 24.3. The van der Waals surface area contributed by atoms with E-state index in [2.05, 4.69) is 41.4 Å². The molecule has 132 valence electrons. The molecule has 0 bridgehead atoms. The summed E-state index contributed by atoms with van der Waals surface area (Å²) in [5, 5.41) is 0.622. The van der Waals surface area contributed by atoms with E-state index in [0.717, 1.165) is 23.3 Å². The molecule has 0 fully saturated rings. The summed E-state index contributed by atoms with van der Waals surface area (Å²) >= 11 is 6.10. The first-order valence-electron chi connectivity index (χ1n) is 9.04. The minimum absolute atomic E-state index is 0.0816. The van der Waals surface area contributed by atoms with Crippen LogP contribution in [-0.2, 0) is 6.42 Å². The number of rotatable bonds is 2. The van der Waals surface area contributed by atoms with Gasteiger partial charge in [0.05, 0.1) is 11.0 Å². The smallest absolute Gasteiger partial charge is 0.233 e. The molecule has 4 aromatic rings. The van der Waals surface area contributed by atoms with Gasteiger partial charge < -0.3 is 0 Å². The Balaban J connectivity index is 1.48. The van der Waals surface area contributed by atoms with Gasteiger partial charge in [-0.15, -0.1) is 0 Å². The van der Waals surface area contributed by atoms with Gasteiger partial charge in [0.15, 0.2) is 0 Å². The van der Waals surface area contributed by atoms with Crippen molar-refractivity contribution in [2.24, 2.45) is 0 Å². The number of hydrogen-bond donors (Lipinski definition) is 0. The van der Waals surface area contributed by atoms with Crippen LogP contribution in [0.3, 0.4) is 0 Å². The van der Waals surface area contributed by atoms with Crippen molar-refractivity contribution in [3.63, 3.8) is 0 Å². The molecule has 4 heteroatoms. The number of halogens is 1. The molecule has 27 heavy (non-hydrogen) atoms. The van der Waals surface area contributed by atoms with Crippen LogP contribution < -0.4 is 0 Å². The van der Waals surface area contributed by atoms with Crippen molar-refractivity contribution in [2.45, 2.75) is 18.8 Å². The maximum Gasteiger partial charge on any atom is 0.233 e. The molecule has 0 amide bonds. The van der Waals surface area contributed by atoms with E-state index in [1.807, 2.05) is 36.4 Å². The van der Waals surface area contributed by atoms with E-state index in [4.69, 9.17) is 11.6 Å². The van der Waals surface area contributed by atoms with Gasteiger partial charge in [-0.2, -0.15) is 0 Å². The number of carbonyl (C=O) groups excluding carboxylic acids is 1. The van der Waals surface area contributed by atoms with Crippen LogP contribution >= 0.6 is 11.6 Å². The van der Waals surface area contributed by atoms with E-state index in [9.17, 15) is 4.79 Å². The first-order valence-corrected chi connectivity index (χ1v) is 9.42. The second kappa shape index (κ2) is 6.36. The van der Waals surface area contributed by atoms with Crippen molar-refractivity contribution in [3.8, 4) is 11.1 Å². The molecule has 0 saturated heterocycles. The Bertz CT molecular complexity index is 1150. The molecule has 0 spiro atoms. The molecule has 1 aliphatic rings. The zero-order valence-electron chi connectivity index (χ0n) is 14.6. The predicted octanol–water partition coefficient (Wildman–Crippen LogP) is 5.73. The number of nitrogens with zero attached hydrogens (tertiary/aromatic N) is 2. The summed E-state index contributed by atoms with van der Waals surface area (Å²) in [6.07, 6.45) is 1.23. The summed E-state index contributed by atoms with van der Waals surface area (Å²) < 4.78 is 1.73. The monoisotopic (exact) mass is 372 g/mol. The van der Waals surface area contributed by atoms with Crippen LogP contribution in [0.25, 0.3) is 22.2 Å². The molecule has 0 saturated carbocycles. The topological polar surface area (TPSA) is 34.9 Å². The normalized spacial score (nSPS) is 16.5. The van der Waals surface area contributed by atoms with E-state index >= 15 is 0 Å². The third kappa shape index (κ3) is 2.84. The first-order chi connectivity index (χ1) is 13.2. The predicted molar refractivity (Wildman–Crippen MR) is 108 cm³/mol. The third-order valence-corrected chi connectivity index (χ3v) is 5.51. The van der Waals surface area contributed by atoms with Gasteiger partial charge in [-0.3, -0.25) is 9.36 Å². The van der Waals surface area contributed by atoms with Crippen LogP contribution in [0.5, 0.6) is 0 Å². The van der Waals surface area contributed by atoms with Crippen LogP contribution in [0, 0.1) is 0 Å². The van der Waals surface area contributed by atoms with Crippen LogP contribution in [0.15, 0.2) is 72.8 Å². The lowest BCUT2D eigenvalue weighted by Gasteiger charge is -2.23. The maximum atomic E-state index is 12.8. The Hall–Kier alpha value is -2.91. The minimum atomic E-state index is 0.0816. The fourth-order valence-corrected chi connectivity index (χ4v) is 4.09. The highest BCUT2D eigenvalue weighted by atomic mass is 35.5. The van der Waals surface area contributed by atoms with Gasteiger partial charge in [0.2, 0.25) is 5.91 Å². The molecule has 0 N–H and O–H groups in total. The van der Waals surface area contributed by atoms with Gasteiger partial charge in [-0.1, -0.05) is 66.2 Å². The highest BCUT2D eigenvalue weighted by Crippen LogP contribution is 2.33. The SMILES string of the molecule is O=C1CC(c2ccc(-c3ccccc3)cc2)Cc2nc3ccc(Cl)cc3n21. The van der Waals surface area contributed by atoms with E-state index < -0.39 is 0 Å². The van der Waals surface area contributed by atoms with E-state index in [0.29, 0.717) is 11.4 Å². The number of carbonyl (C=O) groups is 1. The van der Waals surface area contributed by atoms with Crippen molar-refractivity contribution in [1.82, 2.24) is 9.55 Å². The zero-order valence-corrected chi connectivity index (χ0v) is 15.4. The molecular formula is C23H17ClN2O. The van der Waals surface area contributed by atoms with Gasteiger partial charge in [-0.05, 0) is 40.8 Å². The maximum absolute atomic E-state index is 12.8. The number of imidazole rings is 1. The largest absolute Gasteiger partial charge is 0.274 e. The molecule has 3 nitrogen and oxygen atoms in total. The number of fused-ring (bicyclic) bond motifs is 3. The fourth-order valence-electron chi connectivity index (χ4n) is 3.92. The molecule has 1 atom stereocenters. The number of hydrogen-bond acceptors (Lipinski definition) is 2. The van der Waals surface area contributed by atoms with Gasteiger partial charge in [0.25, 0.3) is 0 Å². The van der Waals surface area contributed by atoms with Gasteiger partial charge >= 0.3 is 0 Å². The summed E-state index contributed by atoms with van der Waals surface area (Å²) in [7, 11) is 0. The highest BCUT2D eigenvalue weighted by Gasteiger charge is 2.29. The summed E-state index contributed by atoms with van der Waals surface area (Å²) in [5.74, 6) is 1.06. The van der Waals surface area contributed by atoms with Crippen LogP contribution in [0.4, 0.5) is 0 Å². The molecule has 0 aliphatic carbocycles. The van der Waals surface area contributed by atoms with E-state index in [-0.39, 0.29) is 11.8 Å². The zero-order chi connectivity index (χ0) is 18.4. The summed E-state index contributed by atoms with van der Waals surface area (Å²) in [4.78, 5) is 17.5. The Morgan fingerprint density at radius 2 is 1.63 bits per heavy atom. The Morgan fingerprint density at radius 1 is 0.889 bits per heavy atom. The quantitative estimate of drug-likeness (QED) is 0.450. The Kier molecular flexibility index (Phi) is 3.83. The van der Waals surface area contributed by atoms with Crippen molar-refractivity contribution in [3.05, 3.63) is 89.2 Å². The molecule has 3 aromatic carbocycles. The van der Waals surface area contributed by atoms with E-state index in [1.54, 1.807) is 4.57 Å². The molecule has 2 heterocycles. The molecule has 0 radical (unpaired) electrons. The van der Waals surface area contributed by atoms with Crippen molar-refractivity contribution < 1.29 is 4.79 Å². The summed E-state index contributed by atoms with van der Waals surface area (Å²) in [5.41, 5.74) is 5.19. The lowest BCUT2D eigenvalue weighted by atomic mass is 9.88. The van der Waals surface area contributed by atoms with Gasteiger partial charge in [-0.25, -0.2) is 4.98 Å². The lowest BCUT2D eigenvalue weighted by Crippen LogP contribution is -2.25. The number of aromatic nitrogens is 2. The van der Waals surface area contributed by atoms with Gasteiger partial charge in [0.1, 0.15) is 5.82 Å². The molecule has 1 aliphatic heterocycles. The van der Waals surface area contributed by atoms with E-state index in [1.165, 1.54) is 16.7 Å². The molecule has 1 unspecified atom stereocenters. The van der Waals surface area contributed by atoms with Crippen LogP contribution in [0.1, 0.15) is 28.5 Å². The number of benzene rings is 3. The Morgan fingerprint density at radius 3 is 2.41 bits per heavy atom. The van der Waals surface area contributed by atoms with Gasteiger partial charge in [0, 0.05) is 17.9 Å². The first kappa shape index (κ1) is 16.3. The fraction of sp³-hybridized carbons (Fsp3) is 0.130. The molecule has 1 aromatic heterocycles. The van der Waals surface area contributed by atoms with Crippen molar-refractivity contribution >= 4 is 28.5 Å². The van der Waals surface area contributed by atoms with Crippen LogP contribution in [0.2, 0.25) is 5.02 Å².